The van der Waals surface area contributed by atoms with Gasteiger partial charge in [-0.25, -0.2) is 0 Å². The average molecular weight is 167 g/mol. The molecule has 0 aliphatic carbocycles. The van der Waals surface area contributed by atoms with Crippen LogP contribution < -0.4 is 5.32 Å². The zero-order chi connectivity index (χ0) is 9.19. The Balaban J connectivity index is 2.65. The van der Waals surface area contributed by atoms with Crippen LogP contribution in [0.3, 0.4) is 0 Å². The molecule has 1 aliphatic heterocycles. The van der Waals surface area contributed by atoms with Crippen LogP contribution in [0.15, 0.2) is 12.2 Å². The fourth-order valence-corrected chi connectivity index (χ4v) is 2.22. The Morgan fingerprint density at radius 3 is 2.58 bits per heavy atom. The van der Waals surface area contributed by atoms with Crippen LogP contribution in [0.25, 0.3) is 0 Å². The van der Waals surface area contributed by atoms with Crippen molar-refractivity contribution in [1.29, 1.82) is 0 Å². The second kappa shape index (κ2) is 3.61. The Kier molecular flexibility index (Phi) is 2.94. The molecule has 1 unspecified atom stereocenters. The van der Waals surface area contributed by atoms with Crippen LogP contribution in [-0.2, 0) is 0 Å². The summed E-state index contributed by atoms with van der Waals surface area (Å²) in [6.07, 6.45) is 3.82. The highest BCUT2D eigenvalue weighted by molar-refractivity contribution is 5.16. The highest BCUT2D eigenvalue weighted by Crippen LogP contribution is 2.32. The number of hydrogen-bond donors (Lipinski definition) is 1. The van der Waals surface area contributed by atoms with Crippen LogP contribution in [0.5, 0.6) is 0 Å². The van der Waals surface area contributed by atoms with Gasteiger partial charge in [-0.15, -0.1) is 0 Å². The molecule has 70 valence electrons. The third-order valence-corrected chi connectivity index (χ3v) is 2.82. The van der Waals surface area contributed by atoms with Gasteiger partial charge in [0, 0.05) is 5.54 Å². The average Bonchev–Trinajstić information content (AvgIpc) is 2.35. The van der Waals surface area contributed by atoms with Crippen molar-refractivity contribution in [1.82, 2.24) is 5.32 Å². The summed E-state index contributed by atoms with van der Waals surface area (Å²) < 4.78 is 0. The van der Waals surface area contributed by atoms with Crippen LogP contribution in [0.2, 0.25) is 0 Å². The summed E-state index contributed by atoms with van der Waals surface area (Å²) in [5.41, 5.74) is 1.59. The normalized spacial score (nSPS) is 29.7. The summed E-state index contributed by atoms with van der Waals surface area (Å²) in [6.45, 7) is 12.0. The molecule has 0 aromatic heterocycles. The first-order valence-corrected chi connectivity index (χ1v) is 4.98. The maximum Gasteiger partial charge on any atom is 0.0391 e. The first-order chi connectivity index (χ1) is 5.57. The molecule has 1 saturated heterocycles. The molecule has 1 nitrogen and oxygen atoms in total. The predicted octanol–water partition coefficient (Wildman–Crippen LogP) is 2.73. The summed E-state index contributed by atoms with van der Waals surface area (Å²) in [4.78, 5) is 0. The molecule has 0 aromatic carbocycles. The molecule has 1 aliphatic rings. The topological polar surface area (TPSA) is 12.0 Å². The molecule has 1 atom stereocenters. The molecule has 0 amide bonds. The smallest absolute Gasteiger partial charge is 0.0391 e. The monoisotopic (exact) mass is 167 g/mol. The van der Waals surface area contributed by atoms with Crippen molar-refractivity contribution >= 4 is 0 Å². The summed E-state index contributed by atoms with van der Waals surface area (Å²) in [7, 11) is 0. The van der Waals surface area contributed by atoms with Crippen molar-refractivity contribution in [2.75, 3.05) is 6.54 Å². The van der Waals surface area contributed by atoms with Gasteiger partial charge in [-0.2, -0.15) is 0 Å². The maximum atomic E-state index is 4.10. The lowest BCUT2D eigenvalue weighted by atomic mass is 9.82. The van der Waals surface area contributed by atoms with Gasteiger partial charge in [0.25, 0.3) is 0 Å². The van der Waals surface area contributed by atoms with Crippen molar-refractivity contribution in [3.05, 3.63) is 12.2 Å². The number of rotatable bonds is 3. The van der Waals surface area contributed by atoms with E-state index in [1.165, 1.54) is 31.4 Å². The van der Waals surface area contributed by atoms with Gasteiger partial charge < -0.3 is 5.32 Å². The van der Waals surface area contributed by atoms with E-state index in [1.807, 2.05) is 0 Å². The molecule has 1 heteroatoms. The van der Waals surface area contributed by atoms with Crippen LogP contribution in [-0.4, -0.2) is 12.1 Å². The van der Waals surface area contributed by atoms with Gasteiger partial charge in [-0.3, -0.25) is 0 Å². The minimum atomic E-state index is 0.272. The molecule has 0 bridgehead atoms. The van der Waals surface area contributed by atoms with Gasteiger partial charge in [0.05, 0.1) is 0 Å². The summed E-state index contributed by atoms with van der Waals surface area (Å²) >= 11 is 0. The van der Waals surface area contributed by atoms with E-state index < -0.39 is 0 Å². The number of nitrogens with one attached hydrogen (secondary N) is 1. The molecule has 1 N–H and O–H groups in total. The van der Waals surface area contributed by atoms with E-state index in [1.54, 1.807) is 0 Å². The lowest BCUT2D eigenvalue weighted by molar-refractivity contribution is 0.354. The van der Waals surface area contributed by atoms with Crippen molar-refractivity contribution in [3.63, 3.8) is 0 Å². The van der Waals surface area contributed by atoms with Crippen LogP contribution in [0.1, 0.15) is 40.0 Å². The van der Waals surface area contributed by atoms with E-state index in [2.05, 4.69) is 32.7 Å². The van der Waals surface area contributed by atoms with Crippen molar-refractivity contribution in [2.24, 2.45) is 5.92 Å². The van der Waals surface area contributed by atoms with E-state index >= 15 is 0 Å². The lowest BCUT2D eigenvalue weighted by Crippen LogP contribution is -2.41. The van der Waals surface area contributed by atoms with Crippen molar-refractivity contribution < 1.29 is 0 Å². The zero-order valence-electron chi connectivity index (χ0n) is 8.61. The van der Waals surface area contributed by atoms with Gasteiger partial charge >= 0.3 is 0 Å². The lowest BCUT2D eigenvalue weighted by Gasteiger charge is -2.32. The minimum absolute atomic E-state index is 0.272. The fraction of sp³-hybridized carbons (Fsp3) is 0.818. The van der Waals surface area contributed by atoms with E-state index in [4.69, 9.17) is 0 Å². The Hall–Kier alpha value is -0.300. The van der Waals surface area contributed by atoms with E-state index in [9.17, 15) is 0 Å². The van der Waals surface area contributed by atoms with Crippen LogP contribution >= 0.6 is 0 Å². The second-order valence-corrected chi connectivity index (χ2v) is 4.49. The quantitative estimate of drug-likeness (QED) is 0.637. The Morgan fingerprint density at radius 1 is 1.58 bits per heavy atom. The fourth-order valence-electron chi connectivity index (χ4n) is 2.22. The van der Waals surface area contributed by atoms with Gasteiger partial charge in [-0.1, -0.05) is 26.0 Å². The Morgan fingerprint density at radius 2 is 2.25 bits per heavy atom. The summed E-state index contributed by atoms with van der Waals surface area (Å²) in [6, 6.07) is 0. The molecule has 1 rings (SSSR count). The maximum absolute atomic E-state index is 4.10. The first kappa shape index (κ1) is 9.79. The van der Waals surface area contributed by atoms with Crippen LogP contribution in [0, 0.1) is 5.92 Å². The molecule has 1 fully saturated rings. The van der Waals surface area contributed by atoms with E-state index in [0.29, 0.717) is 0 Å². The summed E-state index contributed by atoms with van der Waals surface area (Å²) in [5, 5.41) is 3.60. The third kappa shape index (κ3) is 1.89. The summed E-state index contributed by atoms with van der Waals surface area (Å²) in [5.74, 6) is 0.757. The third-order valence-electron chi connectivity index (χ3n) is 2.82. The molecule has 12 heavy (non-hydrogen) atoms. The number of hydrogen-bond acceptors (Lipinski definition) is 1. The van der Waals surface area contributed by atoms with Gasteiger partial charge in [-0.05, 0) is 38.6 Å². The molecule has 0 saturated carbocycles. The molecule has 0 aromatic rings. The second-order valence-electron chi connectivity index (χ2n) is 4.49. The molecular formula is C11H21N. The molecule has 0 spiro atoms. The first-order valence-electron chi connectivity index (χ1n) is 4.98. The zero-order valence-corrected chi connectivity index (χ0v) is 8.61. The largest absolute Gasteiger partial charge is 0.308 e. The Labute approximate surface area is 76.2 Å². The standard InChI is InChI=1S/C11H21N/c1-9(2)8-11(10(3)4)6-5-7-12-11/h9,12H,3,5-8H2,1-2,4H3. The van der Waals surface area contributed by atoms with Crippen molar-refractivity contribution in [2.45, 2.75) is 45.6 Å². The van der Waals surface area contributed by atoms with E-state index in [0.717, 1.165) is 5.92 Å². The van der Waals surface area contributed by atoms with Crippen LogP contribution in [0.4, 0.5) is 0 Å². The van der Waals surface area contributed by atoms with Gasteiger partial charge in [0.2, 0.25) is 0 Å². The highest BCUT2D eigenvalue weighted by atomic mass is 15.0. The molecular weight excluding hydrogens is 146 g/mol. The Bertz CT molecular complexity index is 164. The van der Waals surface area contributed by atoms with Gasteiger partial charge in [0.15, 0.2) is 0 Å². The predicted molar refractivity (Wildman–Crippen MR) is 54.2 cm³/mol. The van der Waals surface area contributed by atoms with Crippen molar-refractivity contribution in [3.8, 4) is 0 Å². The molecule has 0 radical (unpaired) electrons. The van der Waals surface area contributed by atoms with Gasteiger partial charge in [0.1, 0.15) is 0 Å². The minimum Gasteiger partial charge on any atom is -0.308 e. The highest BCUT2D eigenvalue weighted by Gasteiger charge is 2.34. The SMILES string of the molecule is C=C(C)C1(CC(C)C)CCCN1. The molecule has 1 heterocycles. The van der Waals surface area contributed by atoms with E-state index in [-0.39, 0.29) is 5.54 Å².